The highest BCUT2D eigenvalue weighted by Crippen LogP contribution is 2.26. The van der Waals surface area contributed by atoms with Gasteiger partial charge in [0, 0.05) is 11.1 Å². The van der Waals surface area contributed by atoms with Crippen LogP contribution in [0.5, 0.6) is 0 Å². The molecule has 2 aromatic heterocycles. The van der Waals surface area contributed by atoms with E-state index in [1.54, 1.807) is 0 Å². The van der Waals surface area contributed by atoms with Gasteiger partial charge in [-0.25, -0.2) is 4.98 Å². The molecular weight excluding hydrogens is 218 g/mol. The molecule has 0 unspecified atom stereocenters. The smallest absolute Gasteiger partial charge is 0.132 e. The lowest BCUT2D eigenvalue weighted by molar-refractivity contribution is 0.511. The van der Waals surface area contributed by atoms with Crippen LogP contribution in [0.1, 0.15) is 26.6 Å². The molecule has 2 rings (SSSR count). The normalized spacial score (nSPS) is 12.2. The predicted molar refractivity (Wildman–Crippen MR) is 68.8 cm³/mol. The van der Waals surface area contributed by atoms with E-state index in [4.69, 9.17) is 5.73 Å². The Morgan fingerprint density at radius 3 is 2.88 bits per heavy atom. The van der Waals surface area contributed by atoms with E-state index in [0.717, 1.165) is 17.1 Å². The summed E-state index contributed by atoms with van der Waals surface area (Å²) in [6, 6.07) is 4.17. The lowest BCUT2D eigenvalue weighted by Crippen LogP contribution is -2.31. The Morgan fingerprint density at radius 2 is 2.25 bits per heavy atom. The van der Waals surface area contributed by atoms with Crippen LogP contribution in [0.15, 0.2) is 29.4 Å². The molecule has 4 heteroatoms. The van der Waals surface area contributed by atoms with E-state index in [0.29, 0.717) is 0 Å². The molecule has 0 amide bonds. The minimum absolute atomic E-state index is 0.415. The molecule has 86 valence electrons. The monoisotopic (exact) mass is 235 g/mol. The number of aromatic nitrogens is 2. The second kappa shape index (κ2) is 4.11. The fraction of sp³-hybridized carbons (Fsp3) is 0.417. The Morgan fingerprint density at radius 1 is 1.50 bits per heavy atom. The molecule has 0 fully saturated rings. The number of pyridine rings is 1. The number of hydrogen-bond donors (Lipinski definition) is 1. The molecule has 16 heavy (non-hydrogen) atoms. The van der Waals surface area contributed by atoms with E-state index in [1.165, 1.54) is 4.90 Å². The second-order valence-electron chi connectivity index (χ2n) is 4.36. The highest BCUT2D eigenvalue weighted by atomic mass is 32.2. The summed E-state index contributed by atoms with van der Waals surface area (Å²) in [5.41, 5.74) is 6.83. The minimum atomic E-state index is -0.415. The van der Waals surface area contributed by atoms with E-state index in [2.05, 4.69) is 22.4 Å². The van der Waals surface area contributed by atoms with Crippen LogP contribution in [-0.2, 0) is 5.54 Å². The molecular formula is C12H17N3S. The second-order valence-corrected chi connectivity index (χ2v) is 5.67. The Kier molecular flexibility index (Phi) is 2.95. The zero-order valence-electron chi connectivity index (χ0n) is 9.90. The van der Waals surface area contributed by atoms with Crippen LogP contribution in [0.3, 0.4) is 0 Å². The molecule has 0 spiro atoms. The van der Waals surface area contributed by atoms with Crippen molar-refractivity contribution in [3.63, 3.8) is 0 Å². The summed E-state index contributed by atoms with van der Waals surface area (Å²) in [5.74, 6) is 1.97. The number of imidazole rings is 1. The number of nitrogens with two attached hydrogens (primary N) is 1. The topological polar surface area (TPSA) is 43.3 Å². The van der Waals surface area contributed by atoms with Crippen molar-refractivity contribution in [2.45, 2.75) is 31.2 Å². The maximum atomic E-state index is 6.10. The maximum Gasteiger partial charge on any atom is 0.132 e. The third kappa shape index (κ3) is 1.95. The SMILES string of the molecule is CCSc1cccn2c(C(C)(C)N)ncc12. The summed E-state index contributed by atoms with van der Waals surface area (Å²) in [7, 11) is 0. The first-order chi connectivity index (χ1) is 7.54. The molecule has 2 heterocycles. The summed E-state index contributed by atoms with van der Waals surface area (Å²) in [4.78, 5) is 5.69. The van der Waals surface area contributed by atoms with Crippen molar-refractivity contribution < 1.29 is 0 Å². The van der Waals surface area contributed by atoms with Crippen molar-refractivity contribution in [1.29, 1.82) is 0 Å². The van der Waals surface area contributed by atoms with E-state index in [1.807, 2.05) is 44.1 Å². The average Bonchev–Trinajstić information content (AvgIpc) is 2.62. The number of rotatable bonds is 3. The summed E-state index contributed by atoms with van der Waals surface area (Å²) in [5, 5.41) is 0. The van der Waals surface area contributed by atoms with Gasteiger partial charge in [-0.3, -0.25) is 0 Å². The maximum absolute atomic E-state index is 6.10. The van der Waals surface area contributed by atoms with Crippen LogP contribution in [0.4, 0.5) is 0 Å². The number of thioether (sulfide) groups is 1. The van der Waals surface area contributed by atoms with Gasteiger partial charge < -0.3 is 10.1 Å². The molecule has 0 saturated heterocycles. The van der Waals surface area contributed by atoms with Gasteiger partial charge in [-0.2, -0.15) is 0 Å². The summed E-state index contributed by atoms with van der Waals surface area (Å²) >= 11 is 1.83. The van der Waals surface area contributed by atoms with Crippen LogP contribution in [0.2, 0.25) is 0 Å². The Labute approximate surface area is 100 Å². The zero-order chi connectivity index (χ0) is 11.8. The molecule has 0 aliphatic carbocycles. The van der Waals surface area contributed by atoms with Crippen molar-refractivity contribution in [3.05, 3.63) is 30.4 Å². The van der Waals surface area contributed by atoms with Gasteiger partial charge in [0.05, 0.1) is 17.3 Å². The molecule has 2 N–H and O–H groups in total. The van der Waals surface area contributed by atoms with Crippen molar-refractivity contribution in [2.75, 3.05) is 5.75 Å². The van der Waals surface area contributed by atoms with E-state index in [9.17, 15) is 0 Å². The van der Waals surface area contributed by atoms with Gasteiger partial charge in [0.25, 0.3) is 0 Å². The van der Waals surface area contributed by atoms with E-state index in [-0.39, 0.29) is 0 Å². The molecule has 0 saturated carbocycles. The number of nitrogens with zero attached hydrogens (tertiary/aromatic N) is 2. The van der Waals surface area contributed by atoms with Gasteiger partial charge in [0.15, 0.2) is 0 Å². The Bertz CT molecular complexity index is 496. The first-order valence-electron chi connectivity index (χ1n) is 5.42. The molecule has 0 aliphatic rings. The van der Waals surface area contributed by atoms with Gasteiger partial charge in [-0.1, -0.05) is 6.92 Å². The number of hydrogen-bond acceptors (Lipinski definition) is 3. The van der Waals surface area contributed by atoms with Crippen LogP contribution >= 0.6 is 11.8 Å². The average molecular weight is 235 g/mol. The Hall–Kier alpha value is -1.00. The molecule has 2 aromatic rings. The fourth-order valence-electron chi connectivity index (χ4n) is 1.75. The molecule has 3 nitrogen and oxygen atoms in total. The van der Waals surface area contributed by atoms with Crippen molar-refractivity contribution in [3.8, 4) is 0 Å². The van der Waals surface area contributed by atoms with Crippen LogP contribution < -0.4 is 5.73 Å². The summed E-state index contributed by atoms with van der Waals surface area (Å²) in [6.07, 6.45) is 3.92. The first-order valence-corrected chi connectivity index (χ1v) is 6.41. The van der Waals surface area contributed by atoms with Crippen molar-refractivity contribution >= 4 is 17.3 Å². The molecule has 0 atom stereocenters. The third-order valence-corrected chi connectivity index (χ3v) is 3.35. The van der Waals surface area contributed by atoms with Crippen molar-refractivity contribution in [1.82, 2.24) is 9.38 Å². The van der Waals surface area contributed by atoms with Gasteiger partial charge >= 0.3 is 0 Å². The predicted octanol–water partition coefficient (Wildman–Crippen LogP) is 2.64. The van der Waals surface area contributed by atoms with Gasteiger partial charge in [-0.15, -0.1) is 11.8 Å². The van der Waals surface area contributed by atoms with E-state index < -0.39 is 5.54 Å². The molecule has 0 radical (unpaired) electrons. The lowest BCUT2D eigenvalue weighted by atomic mass is 10.1. The van der Waals surface area contributed by atoms with Gasteiger partial charge in [0.1, 0.15) is 5.82 Å². The quantitative estimate of drug-likeness (QED) is 0.832. The van der Waals surface area contributed by atoms with Gasteiger partial charge in [0.2, 0.25) is 0 Å². The molecule has 0 aliphatic heterocycles. The molecule has 0 aromatic carbocycles. The van der Waals surface area contributed by atoms with Gasteiger partial charge in [-0.05, 0) is 31.7 Å². The van der Waals surface area contributed by atoms with Crippen LogP contribution in [0, 0.1) is 0 Å². The Balaban J connectivity index is 2.62. The van der Waals surface area contributed by atoms with Crippen LogP contribution in [-0.4, -0.2) is 15.1 Å². The lowest BCUT2D eigenvalue weighted by Gasteiger charge is -2.17. The highest BCUT2D eigenvalue weighted by Gasteiger charge is 2.20. The zero-order valence-corrected chi connectivity index (χ0v) is 10.7. The summed E-state index contributed by atoms with van der Waals surface area (Å²) in [6.45, 7) is 6.10. The molecule has 0 bridgehead atoms. The van der Waals surface area contributed by atoms with Crippen LogP contribution in [0.25, 0.3) is 5.52 Å². The standard InChI is InChI=1S/C12H17N3S/c1-4-16-10-6-5-7-15-9(10)8-14-11(15)12(2,3)13/h5-8H,4,13H2,1-3H3. The minimum Gasteiger partial charge on any atom is -0.319 e. The first kappa shape index (κ1) is 11.5. The highest BCUT2D eigenvalue weighted by molar-refractivity contribution is 7.99. The van der Waals surface area contributed by atoms with E-state index >= 15 is 0 Å². The third-order valence-electron chi connectivity index (χ3n) is 2.41. The largest absolute Gasteiger partial charge is 0.319 e. The fourth-order valence-corrected chi connectivity index (χ4v) is 2.53. The summed E-state index contributed by atoms with van der Waals surface area (Å²) < 4.78 is 2.08. The number of fused-ring (bicyclic) bond motifs is 1. The van der Waals surface area contributed by atoms with Crippen molar-refractivity contribution in [2.24, 2.45) is 5.73 Å².